The molecule has 0 fully saturated rings. The van der Waals surface area contributed by atoms with E-state index in [0.29, 0.717) is 0 Å². The molecule has 3 rings (SSSR count). The van der Waals surface area contributed by atoms with Crippen LogP contribution >= 0.6 is 38.6 Å². The number of hydrogen-bond acceptors (Lipinski definition) is 3. The summed E-state index contributed by atoms with van der Waals surface area (Å²) in [6, 6.07) is 5.98. The van der Waals surface area contributed by atoms with E-state index in [4.69, 9.17) is 0 Å². The lowest BCUT2D eigenvalue weighted by atomic mass is 10.0. The summed E-state index contributed by atoms with van der Waals surface area (Å²) in [7, 11) is 0. The summed E-state index contributed by atoms with van der Waals surface area (Å²) in [6.45, 7) is 1.98. The second-order valence-electron chi connectivity index (χ2n) is 4.06. The standard InChI is InChI=1S/C14H9BrOS2/c1-8-5-17-6-10(8)13(16)11-7-18-14-9(11)3-2-4-12(14)15/h2-7H,1H3. The highest BCUT2D eigenvalue weighted by Crippen LogP contribution is 2.33. The average molecular weight is 337 g/mol. The maximum atomic E-state index is 12.5. The number of carbonyl (C=O) groups is 1. The molecule has 0 bridgehead atoms. The highest BCUT2D eigenvalue weighted by atomic mass is 79.9. The van der Waals surface area contributed by atoms with Crippen LogP contribution < -0.4 is 0 Å². The molecule has 0 amide bonds. The van der Waals surface area contributed by atoms with Crippen LogP contribution in [-0.2, 0) is 0 Å². The fourth-order valence-corrected chi connectivity index (χ4v) is 4.37. The number of aryl methyl sites for hydroxylation is 1. The first-order chi connectivity index (χ1) is 8.68. The second-order valence-corrected chi connectivity index (χ2v) is 6.54. The van der Waals surface area contributed by atoms with E-state index in [0.717, 1.165) is 31.2 Å². The molecule has 0 saturated heterocycles. The van der Waals surface area contributed by atoms with Crippen molar-refractivity contribution in [3.05, 3.63) is 55.5 Å². The van der Waals surface area contributed by atoms with Gasteiger partial charge in [0.1, 0.15) is 0 Å². The van der Waals surface area contributed by atoms with Gasteiger partial charge < -0.3 is 0 Å². The summed E-state index contributed by atoms with van der Waals surface area (Å²) < 4.78 is 2.18. The number of ketones is 1. The minimum absolute atomic E-state index is 0.123. The molecule has 0 N–H and O–H groups in total. The zero-order chi connectivity index (χ0) is 12.7. The van der Waals surface area contributed by atoms with Gasteiger partial charge in [-0.2, -0.15) is 11.3 Å². The molecule has 2 heterocycles. The van der Waals surface area contributed by atoms with Gasteiger partial charge in [-0.1, -0.05) is 12.1 Å². The summed E-state index contributed by atoms with van der Waals surface area (Å²) in [6.07, 6.45) is 0. The minimum atomic E-state index is 0.123. The molecule has 0 atom stereocenters. The fourth-order valence-electron chi connectivity index (χ4n) is 1.94. The number of thiophene rings is 2. The Labute approximate surface area is 121 Å². The predicted octanol–water partition coefficient (Wildman–Crippen LogP) is 5.26. The topological polar surface area (TPSA) is 17.1 Å². The molecular formula is C14H9BrOS2. The minimum Gasteiger partial charge on any atom is -0.289 e. The van der Waals surface area contributed by atoms with Gasteiger partial charge in [0.25, 0.3) is 0 Å². The van der Waals surface area contributed by atoms with Crippen molar-refractivity contribution in [2.45, 2.75) is 6.92 Å². The molecule has 0 radical (unpaired) electrons. The molecule has 18 heavy (non-hydrogen) atoms. The molecule has 1 aromatic carbocycles. The van der Waals surface area contributed by atoms with Gasteiger partial charge >= 0.3 is 0 Å². The molecular weight excluding hydrogens is 328 g/mol. The van der Waals surface area contributed by atoms with E-state index >= 15 is 0 Å². The van der Waals surface area contributed by atoms with Crippen LogP contribution in [0.1, 0.15) is 21.5 Å². The molecule has 0 saturated carbocycles. The molecule has 0 spiro atoms. The van der Waals surface area contributed by atoms with E-state index in [9.17, 15) is 4.79 Å². The van der Waals surface area contributed by atoms with Gasteiger partial charge in [-0.15, -0.1) is 11.3 Å². The number of carbonyl (C=O) groups excluding carboxylic acids is 1. The molecule has 1 nitrogen and oxygen atoms in total. The highest BCUT2D eigenvalue weighted by molar-refractivity contribution is 9.10. The summed E-state index contributed by atoms with van der Waals surface area (Å²) in [5.41, 5.74) is 2.68. The monoisotopic (exact) mass is 336 g/mol. The first kappa shape index (κ1) is 12.1. The van der Waals surface area contributed by atoms with Crippen molar-refractivity contribution < 1.29 is 4.79 Å². The van der Waals surface area contributed by atoms with Crippen LogP contribution in [0.4, 0.5) is 0 Å². The van der Waals surface area contributed by atoms with Crippen LogP contribution in [0.5, 0.6) is 0 Å². The Bertz CT molecular complexity index is 739. The first-order valence-electron chi connectivity index (χ1n) is 5.41. The fraction of sp³-hybridized carbons (Fsp3) is 0.0714. The van der Waals surface area contributed by atoms with Gasteiger partial charge in [0.05, 0.1) is 0 Å². The summed E-state index contributed by atoms with van der Waals surface area (Å²) >= 11 is 6.71. The normalized spacial score (nSPS) is 11.0. The van der Waals surface area contributed by atoms with E-state index in [1.165, 1.54) is 0 Å². The summed E-state index contributed by atoms with van der Waals surface area (Å²) in [5, 5.41) is 6.93. The molecule has 0 unspecified atom stereocenters. The Kier molecular flexibility index (Phi) is 3.09. The van der Waals surface area contributed by atoms with Gasteiger partial charge in [-0.25, -0.2) is 0 Å². The number of hydrogen-bond donors (Lipinski definition) is 0. The zero-order valence-electron chi connectivity index (χ0n) is 9.57. The Balaban J connectivity index is 2.19. The van der Waals surface area contributed by atoms with E-state index in [1.54, 1.807) is 22.7 Å². The van der Waals surface area contributed by atoms with Crippen LogP contribution in [0, 0.1) is 6.92 Å². The zero-order valence-corrected chi connectivity index (χ0v) is 12.8. The predicted molar refractivity (Wildman–Crippen MR) is 82.0 cm³/mol. The Morgan fingerprint density at radius 2 is 2.00 bits per heavy atom. The molecule has 2 aromatic heterocycles. The molecule has 0 aliphatic rings. The number of fused-ring (bicyclic) bond motifs is 1. The van der Waals surface area contributed by atoms with Crippen molar-refractivity contribution in [1.29, 1.82) is 0 Å². The van der Waals surface area contributed by atoms with Gasteiger partial charge in [-0.3, -0.25) is 4.79 Å². The largest absolute Gasteiger partial charge is 0.289 e. The van der Waals surface area contributed by atoms with Crippen molar-refractivity contribution in [2.24, 2.45) is 0 Å². The van der Waals surface area contributed by atoms with Gasteiger partial charge in [0.15, 0.2) is 5.78 Å². The lowest BCUT2D eigenvalue weighted by Gasteiger charge is -1.99. The van der Waals surface area contributed by atoms with Crippen LogP contribution in [-0.4, -0.2) is 5.78 Å². The summed E-state index contributed by atoms with van der Waals surface area (Å²) in [5.74, 6) is 0.123. The van der Waals surface area contributed by atoms with Crippen LogP contribution in [0.3, 0.4) is 0 Å². The third-order valence-electron chi connectivity index (χ3n) is 2.90. The Hall–Kier alpha value is -0.970. The van der Waals surface area contributed by atoms with Crippen LogP contribution in [0.2, 0.25) is 0 Å². The number of benzene rings is 1. The van der Waals surface area contributed by atoms with E-state index in [2.05, 4.69) is 15.9 Å². The van der Waals surface area contributed by atoms with Crippen molar-refractivity contribution >= 4 is 54.5 Å². The van der Waals surface area contributed by atoms with E-state index in [1.807, 2.05) is 41.3 Å². The highest BCUT2D eigenvalue weighted by Gasteiger charge is 2.17. The molecule has 0 aliphatic carbocycles. The van der Waals surface area contributed by atoms with Gasteiger partial charge in [0, 0.05) is 36.4 Å². The summed E-state index contributed by atoms with van der Waals surface area (Å²) in [4.78, 5) is 12.5. The maximum absolute atomic E-state index is 12.5. The Morgan fingerprint density at radius 1 is 1.17 bits per heavy atom. The lowest BCUT2D eigenvalue weighted by molar-refractivity contribution is 0.104. The third-order valence-corrected chi connectivity index (χ3v) is 5.71. The van der Waals surface area contributed by atoms with Crippen molar-refractivity contribution in [1.82, 2.24) is 0 Å². The first-order valence-corrected chi connectivity index (χ1v) is 8.03. The third kappa shape index (κ3) is 1.85. The van der Waals surface area contributed by atoms with E-state index < -0.39 is 0 Å². The quantitative estimate of drug-likeness (QED) is 0.583. The molecule has 0 aliphatic heterocycles. The van der Waals surface area contributed by atoms with Crippen molar-refractivity contribution in [3.8, 4) is 0 Å². The van der Waals surface area contributed by atoms with Gasteiger partial charge in [-0.05, 0) is 39.9 Å². The second kappa shape index (κ2) is 4.61. The number of halogens is 1. The molecule has 3 aromatic rings. The van der Waals surface area contributed by atoms with Crippen LogP contribution in [0.15, 0.2) is 38.8 Å². The SMILES string of the molecule is Cc1cscc1C(=O)c1csc2c(Br)cccc12. The smallest absolute Gasteiger partial charge is 0.195 e. The molecule has 4 heteroatoms. The van der Waals surface area contributed by atoms with Crippen molar-refractivity contribution in [2.75, 3.05) is 0 Å². The van der Waals surface area contributed by atoms with E-state index in [-0.39, 0.29) is 5.78 Å². The van der Waals surface area contributed by atoms with Gasteiger partial charge in [0.2, 0.25) is 0 Å². The molecule has 90 valence electrons. The van der Waals surface area contributed by atoms with Crippen molar-refractivity contribution in [3.63, 3.8) is 0 Å². The average Bonchev–Trinajstić information content (AvgIpc) is 2.95. The lowest BCUT2D eigenvalue weighted by Crippen LogP contribution is -2.00. The van der Waals surface area contributed by atoms with Crippen LogP contribution in [0.25, 0.3) is 10.1 Å². The number of rotatable bonds is 2. The Morgan fingerprint density at radius 3 is 2.72 bits per heavy atom. The maximum Gasteiger partial charge on any atom is 0.195 e.